The first kappa shape index (κ1) is 19.1. The number of para-hydroxylation sites is 2. The SMILES string of the molecule is Cc1nc([N+](=O)[O-])cn1CC(=O)Nc1ccccc1NCCCn1ccnc1. The first-order valence-electron chi connectivity index (χ1n) is 8.79. The van der Waals surface area contributed by atoms with E-state index in [2.05, 4.69) is 20.6 Å². The normalized spacial score (nSPS) is 10.6. The van der Waals surface area contributed by atoms with Crippen molar-refractivity contribution in [1.82, 2.24) is 19.1 Å². The summed E-state index contributed by atoms with van der Waals surface area (Å²) in [7, 11) is 0. The van der Waals surface area contributed by atoms with Gasteiger partial charge < -0.3 is 25.3 Å². The molecule has 1 amide bonds. The van der Waals surface area contributed by atoms with Crippen LogP contribution in [0, 0.1) is 17.0 Å². The highest BCUT2D eigenvalue weighted by Gasteiger charge is 2.17. The van der Waals surface area contributed by atoms with Gasteiger partial charge in [0.15, 0.2) is 0 Å². The van der Waals surface area contributed by atoms with E-state index in [0.717, 1.165) is 25.2 Å². The third-order valence-corrected chi connectivity index (χ3v) is 4.13. The molecule has 10 nitrogen and oxygen atoms in total. The lowest BCUT2D eigenvalue weighted by molar-refractivity contribution is -0.389. The number of aromatic nitrogens is 4. The van der Waals surface area contributed by atoms with Crippen LogP contribution in [0.15, 0.2) is 49.2 Å². The number of carbonyl (C=O) groups is 1. The van der Waals surface area contributed by atoms with Gasteiger partial charge in [-0.1, -0.05) is 12.1 Å². The van der Waals surface area contributed by atoms with Crippen LogP contribution in [0.3, 0.4) is 0 Å². The fourth-order valence-electron chi connectivity index (χ4n) is 2.73. The zero-order valence-corrected chi connectivity index (χ0v) is 15.4. The Balaban J connectivity index is 1.56. The van der Waals surface area contributed by atoms with Gasteiger partial charge in [0, 0.05) is 32.4 Å². The van der Waals surface area contributed by atoms with E-state index in [0.29, 0.717) is 11.5 Å². The Kier molecular flexibility index (Phi) is 6.00. The number of carbonyl (C=O) groups excluding carboxylic acids is 1. The summed E-state index contributed by atoms with van der Waals surface area (Å²) in [5, 5.41) is 17.0. The van der Waals surface area contributed by atoms with E-state index in [1.54, 1.807) is 25.5 Å². The predicted octanol–water partition coefficient (Wildman–Crippen LogP) is 2.44. The zero-order valence-electron chi connectivity index (χ0n) is 15.4. The van der Waals surface area contributed by atoms with Crippen molar-refractivity contribution >= 4 is 23.1 Å². The van der Waals surface area contributed by atoms with E-state index in [4.69, 9.17) is 0 Å². The van der Waals surface area contributed by atoms with Gasteiger partial charge in [-0.25, -0.2) is 4.98 Å². The number of benzene rings is 1. The molecule has 0 atom stereocenters. The summed E-state index contributed by atoms with van der Waals surface area (Å²) in [5.74, 6) is -0.152. The molecule has 2 aromatic heterocycles. The minimum Gasteiger partial charge on any atom is -0.383 e. The van der Waals surface area contributed by atoms with Crippen LogP contribution in [0.5, 0.6) is 0 Å². The van der Waals surface area contributed by atoms with Crippen molar-refractivity contribution in [2.45, 2.75) is 26.4 Å². The molecule has 0 aliphatic heterocycles. The van der Waals surface area contributed by atoms with Gasteiger partial charge in [0.1, 0.15) is 12.7 Å². The second-order valence-electron chi connectivity index (χ2n) is 6.21. The monoisotopic (exact) mass is 383 g/mol. The molecule has 0 spiro atoms. The zero-order chi connectivity index (χ0) is 19.9. The molecular formula is C18H21N7O3. The molecule has 0 fully saturated rings. The second kappa shape index (κ2) is 8.80. The molecule has 0 aliphatic rings. The summed E-state index contributed by atoms with van der Waals surface area (Å²) in [6.45, 7) is 3.15. The molecule has 146 valence electrons. The Morgan fingerprint density at radius 2 is 2.07 bits per heavy atom. The fourth-order valence-corrected chi connectivity index (χ4v) is 2.73. The van der Waals surface area contributed by atoms with Gasteiger partial charge in [-0.05, 0) is 28.5 Å². The molecular weight excluding hydrogens is 362 g/mol. The summed E-state index contributed by atoms with van der Waals surface area (Å²) in [6.07, 6.45) is 7.59. The van der Waals surface area contributed by atoms with Crippen LogP contribution >= 0.6 is 0 Å². The molecule has 1 aromatic carbocycles. The number of hydrogen-bond donors (Lipinski definition) is 2. The van der Waals surface area contributed by atoms with Crippen molar-refractivity contribution < 1.29 is 9.72 Å². The van der Waals surface area contributed by atoms with Crippen molar-refractivity contribution in [2.24, 2.45) is 0 Å². The van der Waals surface area contributed by atoms with Crippen LogP contribution in [-0.2, 0) is 17.9 Å². The lowest BCUT2D eigenvalue weighted by Gasteiger charge is -2.13. The smallest absolute Gasteiger partial charge is 0.381 e. The lowest BCUT2D eigenvalue weighted by Crippen LogP contribution is -2.20. The van der Waals surface area contributed by atoms with Crippen LogP contribution in [0.1, 0.15) is 12.2 Å². The summed E-state index contributed by atoms with van der Waals surface area (Å²) in [6, 6.07) is 7.41. The number of aryl methyl sites for hydroxylation is 2. The molecule has 28 heavy (non-hydrogen) atoms. The van der Waals surface area contributed by atoms with Gasteiger partial charge in [0.25, 0.3) is 0 Å². The highest BCUT2D eigenvalue weighted by Crippen LogP contribution is 2.21. The topological polar surface area (TPSA) is 120 Å². The van der Waals surface area contributed by atoms with Crippen molar-refractivity contribution in [3.63, 3.8) is 0 Å². The summed E-state index contributed by atoms with van der Waals surface area (Å²) in [4.78, 5) is 30.4. The van der Waals surface area contributed by atoms with Gasteiger partial charge in [-0.2, -0.15) is 0 Å². The number of nitro groups is 1. The quantitative estimate of drug-likeness (QED) is 0.333. The van der Waals surface area contributed by atoms with Crippen molar-refractivity contribution in [3.05, 3.63) is 65.1 Å². The molecule has 3 aromatic rings. The molecule has 2 N–H and O–H groups in total. The van der Waals surface area contributed by atoms with Crippen molar-refractivity contribution in [1.29, 1.82) is 0 Å². The van der Waals surface area contributed by atoms with Gasteiger partial charge >= 0.3 is 5.82 Å². The molecule has 0 saturated carbocycles. The molecule has 0 bridgehead atoms. The van der Waals surface area contributed by atoms with E-state index < -0.39 is 4.92 Å². The van der Waals surface area contributed by atoms with Crippen molar-refractivity contribution in [2.75, 3.05) is 17.2 Å². The molecule has 3 rings (SSSR count). The minimum atomic E-state index is -0.579. The molecule has 0 unspecified atom stereocenters. The number of imidazole rings is 2. The number of anilines is 2. The molecule has 0 radical (unpaired) electrons. The van der Waals surface area contributed by atoms with Gasteiger partial charge in [-0.15, -0.1) is 0 Å². The average Bonchev–Trinajstić information content (AvgIpc) is 3.30. The van der Waals surface area contributed by atoms with Gasteiger partial charge in [0.05, 0.1) is 17.7 Å². The van der Waals surface area contributed by atoms with Gasteiger partial charge in [-0.3, -0.25) is 9.36 Å². The Labute approximate surface area is 161 Å². The van der Waals surface area contributed by atoms with Gasteiger partial charge in [0.2, 0.25) is 11.7 Å². The lowest BCUT2D eigenvalue weighted by atomic mass is 10.2. The molecule has 2 heterocycles. The van der Waals surface area contributed by atoms with Crippen LogP contribution in [0.4, 0.5) is 17.2 Å². The van der Waals surface area contributed by atoms with Crippen LogP contribution < -0.4 is 10.6 Å². The Hall–Kier alpha value is -3.69. The fraction of sp³-hybridized carbons (Fsp3) is 0.278. The van der Waals surface area contributed by atoms with Crippen LogP contribution in [-0.4, -0.2) is 36.5 Å². The third kappa shape index (κ3) is 4.93. The summed E-state index contributed by atoms with van der Waals surface area (Å²) in [5.41, 5.74) is 1.47. The highest BCUT2D eigenvalue weighted by atomic mass is 16.6. The Bertz CT molecular complexity index is 950. The van der Waals surface area contributed by atoms with E-state index >= 15 is 0 Å². The number of hydrogen-bond acceptors (Lipinski definition) is 6. The largest absolute Gasteiger partial charge is 0.383 e. The standard InChI is InChI=1S/C18H21N7O3/c1-14-21-17(25(27)28)11-24(14)12-18(26)22-16-6-3-2-5-15(16)20-7-4-9-23-10-8-19-13-23/h2-3,5-6,8,10-11,13,20H,4,7,9,12H2,1H3,(H,22,26). The van der Waals surface area contributed by atoms with E-state index in [-0.39, 0.29) is 18.3 Å². The molecule has 10 heteroatoms. The Morgan fingerprint density at radius 3 is 2.75 bits per heavy atom. The summed E-state index contributed by atoms with van der Waals surface area (Å²) < 4.78 is 3.45. The maximum atomic E-state index is 12.4. The first-order valence-corrected chi connectivity index (χ1v) is 8.79. The summed E-state index contributed by atoms with van der Waals surface area (Å²) >= 11 is 0. The molecule has 0 aliphatic carbocycles. The number of rotatable bonds is 9. The van der Waals surface area contributed by atoms with Crippen LogP contribution in [0.25, 0.3) is 0 Å². The highest BCUT2D eigenvalue weighted by molar-refractivity contribution is 5.94. The van der Waals surface area contributed by atoms with E-state index in [1.807, 2.05) is 29.0 Å². The molecule has 0 saturated heterocycles. The first-order chi connectivity index (χ1) is 13.5. The minimum absolute atomic E-state index is 0.0539. The van der Waals surface area contributed by atoms with Crippen molar-refractivity contribution in [3.8, 4) is 0 Å². The van der Waals surface area contributed by atoms with E-state index in [1.165, 1.54) is 10.8 Å². The maximum absolute atomic E-state index is 12.4. The number of nitrogens with zero attached hydrogens (tertiary/aromatic N) is 5. The number of nitrogens with one attached hydrogen (secondary N) is 2. The van der Waals surface area contributed by atoms with E-state index in [9.17, 15) is 14.9 Å². The number of amides is 1. The average molecular weight is 383 g/mol. The second-order valence-corrected chi connectivity index (χ2v) is 6.21. The third-order valence-electron chi connectivity index (χ3n) is 4.13. The van der Waals surface area contributed by atoms with Crippen LogP contribution in [0.2, 0.25) is 0 Å². The Morgan fingerprint density at radius 1 is 1.29 bits per heavy atom. The maximum Gasteiger partial charge on any atom is 0.381 e. The predicted molar refractivity (Wildman–Crippen MR) is 104 cm³/mol.